The number of rotatable bonds is 7. The van der Waals surface area contributed by atoms with Gasteiger partial charge in [0.25, 0.3) is 0 Å². The third-order valence-electron chi connectivity index (χ3n) is 3.68. The minimum atomic E-state index is 0.0203. The number of aliphatic imine (C=N–C) groups is 1. The molecule has 1 N–H and O–H groups in total. The molecule has 2 aromatic heterocycles. The number of nitrogens with zero attached hydrogens (tertiary/aromatic N) is 6. The molecule has 0 saturated carbocycles. The fraction of sp³-hybridized carbons (Fsp3) is 0.600. The molecule has 0 fully saturated rings. The van der Waals surface area contributed by atoms with Gasteiger partial charge in [0.1, 0.15) is 17.4 Å². The van der Waals surface area contributed by atoms with Gasteiger partial charge in [-0.2, -0.15) is 0 Å². The molecule has 1 atom stereocenters. The van der Waals surface area contributed by atoms with Crippen molar-refractivity contribution >= 4 is 17.3 Å². The van der Waals surface area contributed by atoms with E-state index in [1.165, 1.54) is 0 Å². The first-order valence-electron chi connectivity index (χ1n) is 7.84. The highest BCUT2D eigenvalue weighted by Gasteiger charge is 2.13. The SMILES string of the molecule is CCn1cnnc1CNC(=NC)N(C)Cc1csc(C(C)OC)n1. The van der Waals surface area contributed by atoms with Gasteiger partial charge in [-0.1, -0.05) is 0 Å². The predicted octanol–water partition coefficient (Wildman–Crippen LogP) is 1.67. The molecule has 2 rings (SSSR count). The van der Waals surface area contributed by atoms with E-state index in [0.29, 0.717) is 13.1 Å². The van der Waals surface area contributed by atoms with E-state index in [4.69, 9.17) is 4.74 Å². The summed E-state index contributed by atoms with van der Waals surface area (Å²) in [6.07, 6.45) is 1.75. The summed E-state index contributed by atoms with van der Waals surface area (Å²) in [6.45, 7) is 6.16. The van der Waals surface area contributed by atoms with Gasteiger partial charge in [0.2, 0.25) is 0 Å². The van der Waals surface area contributed by atoms with Crippen LogP contribution in [0.25, 0.3) is 0 Å². The molecule has 0 aliphatic carbocycles. The maximum Gasteiger partial charge on any atom is 0.194 e. The normalized spacial score (nSPS) is 13.1. The molecule has 1 unspecified atom stereocenters. The van der Waals surface area contributed by atoms with Gasteiger partial charge in [0, 0.05) is 33.1 Å². The van der Waals surface area contributed by atoms with Crippen LogP contribution in [0.5, 0.6) is 0 Å². The number of aromatic nitrogens is 4. The summed E-state index contributed by atoms with van der Waals surface area (Å²) in [6, 6.07) is 0. The minimum Gasteiger partial charge on any atom is -0.375 e. The largest absolute Gasteiger partial charge is 0.375 e. The Kier molecular flexibility index (Phi) is 6.68. The Balaban J connectivity index is 1.94. The molecule has 0 amide bonds. The fourth-order valence-electron chi connectivity index (χ4n) is 2.22. The van der Waals surface area contributed by atoms with Crippen molar-refractivity contribution < 1.29 is 4.74 Å². The van der Waals surface area contributed by atoms with Gasteiger partial charge < -0.3 is 19.5 Å². The van der Waals surface area contributed by atoms with Crippen LogP contribution in [0, 0.1) is 0 Å². The minimum absolute atomic E-state index is 0.0203. The predicted molar refractivity (Wildman–Crippen MR) is 94.9 cm³/mol. The first kappa shape index (κ1) is 18.3. The van der Waals surface area contributed by atoms with Crippen molar-refractivity contribution in [2.75, 3.05) is 21.2 Å². The lowest BCUT2D eigenvalue weighted by molar-refractivity contribution is 0.119. The molecular weight excluding hydrogens is 326 g/mol. The van der Waals surface area contributed by atoms with Crippen LogP contribution in [-0.2, 0) is 24.4 Å². The highest BCUT2D eigenvalue weighted by molar-refractivity contribution is 7.09. The van der Waals surface area contributed by atoms with E-state index in [9.17, 15) is 0 Å². The quantitative estimate of drug-likeness (QED) is 0.604. The van der Waals surface area contributed by atoms with Gasteiger partial charge in [-0.3, -0.25) is 4.99 Å². The van der Waals surface area contributed by atoms with Crippen molar-refractivity contribution in [3.05, 3.63) is 28.2 Å². The summed E-state index contributed by atoms with van der Waals surface area (Å²) in [5.41, 5.74) is 1.00. The monoisotopic (exact) mass is 351 g/mol. The number of hydrogen-bond acceptors (Lipinski definition) is 6. The Hall–Kier alpha value is -2.00. The number of hydrogen-bond donors (Lipinski definition) is 1. The third kappa shape index (κ3) is 4.51. The number of guanidine groups is 1. The Morgan fingerprint density at radius 3 is 3.00 bits per heavy atom. The van der Waals surface area contributed by atoms with E-state index in [-0.39, 0.29) is 6.10 Å². The van der Waals surface area contributed by atoms with E-state index in [1.54, 1.807) is 31.8 Å². The summed E-state index contributed by atoms with van der Waals surface area (Å²) in [4.78, 5) is 11.0. The lowest BCUT2D eigenvalue weighted by Crippen LogP contribution is -2.38. The second-order valence-corrected chi connectivity index (χ2v) is 6.23. The topological polar surface area (TPSA) is 80.5 Å². The average Bonchev–Trinajstić information content (AvgIpc) is 3.23. The molecular formula is C15H25N7OS. The molecule has 0 radical (unpaired) electrons. The van der Waals surface area contributed by atoms with E-state index >= 15 is 0 Å². The van der Waals surface area contributed by atoms with E-state index < -0.39 is 0 Å². The number of thiazole rings is 1. The van der Waals surface area contributed by atoms with Crippen molar-refractivity contribution in [1.82, 2.24) is 30.0 Å². The standard InChI is InChI=1S/C15H25N7OS/c1-6-22-10-18-20-13(22)7-17-15(16-3)21(4)8-12-9-24-14(19-12)11(2)23-5/h9-11H,6-8H2,1-5H3,(H,16,17). The van der Waals surface area contributed by atoms with Crippen molar-refractivity contribution in [2.45, 2.75) is 39.6 Å². The second kappa shape index (κ2) is 8.74. The molecule has 0 aliphatic heterocycles. The highest BCUT2D eigenvalue weighted by atomic mass is 32.1. The first-order valence-corrected chi connectivity index (χ1v) is 8.72. The lowest BCUT2D eigenvalue weighted by atomic mass is 10.4. The van der Waals surface area contributed by atoms with Crippen LogP contribution in [0.3, 0.4) is 0 Å². The Labute approximate surface area is 146 Å². The number of nitrogens with one attached hydrogen (secondary N) is 1. The van der Waals surface area contributed by atoms with Crippen LogP contribution in [-0.4, -0.2) is 51.8 Å². The van der Waals surface area contributed by atoms with Gasteiger partial charge in [-0.15, -0.1) is 21.5 Å². The molecule has 2 aromatic rings. The van der Waals surface area contributed by atoms with Crippen LogP contribution in [0.4, 0.5) is 0 Å². The molecule has 0 aromatic carbocycles. The smallest absolute Gasteiger partial charge is 0.194 e. The highest BCUT2D eigenvalue weighted by Crippen LogP contribution is 2.20. The molecule has 8 nitrogen and oxygen atoms in total. The molecule has 0 aliphatic rings. The van der Waals surface area contributed by atoms with E-state index in [1.807, 2.05) is 23.4 Å². The molecule has 0 spiro atoms. The summed E-state index contributed by atoms with van der Waals surface area (Å²) in [7, 11) is 5.44. The fourth-order valence-corrected chi connectivity index (χ4v) is 3.07. The summed E-state index contributed by atoms with van der Waals surface area (Å²) < 4.78 is 7.31. The number of aryl methyl sites for hydroxylation is 1. The zero-order valence-electron chi connectivity index (χ0n) is 14.9. The van der Waals surface area contributed by atoms with Crippen LogP contribution >= 0.6 is 11.3 Å². The average molecular weight is 351 g/mol. The van der Waals surface area contributed by atoms with Gasteiger partial charge >= 0.3 is 0 Å². The van der Waals surface area contributed by atoms with Gasteiger partial charge in [0.05, 0.1) is 18.8 Å². The molecule has 0 bridgehead atoms. The lowest BCUT2D eigenvalue weighted by Gasteiger charge is -2.21. The summed E-state index contributed by atoms with van der Waals surface area (Å²) in [5, 5.41) is 14.4. The van der Waals surface area contributed by atoms with Crippen LogP contribution in [0.2, 0.25) is 0 Å². The maximum atomic E-state index is 5.31. The first-order chi connectivity index (χ1) is 11.6. The Bertz CT molecular complexity index is 666. The van der Waals surface area contributed by atoms with Crippen molar-refractivity contribution in [2.24, 2.45) is 4.99 Å². The number of methoxy groups -OCH3 is 1. The number of ether oxygens (including phenoxy) is 1. The van der Waals surface area contributed by atoms with Crippen molar-refractivity contribution in [3.8, 4) is 0 Å². The van der Waals surface area contributed by atoms with Crippen molar-refractivity contribution in [3.63, 3.8) is 0 Å². The Morgan fingerprint density at radius 2 is 2.33 bits per heavy atom. The van der Waals surface area contributed by atoms with Crippen LogP contribution in [0.1, 0.15) is 36.5 Å². The third-order valence-corrected chi connectivity index (χ3v) is 4.74. The van der Waals surface area contributed by atoms with Crippen molar-refractivity contribution in [1.29, 1.82) is 0 Å². The summed E-state index contributed by atoms with van der Waals surface area (Å²) >= 11 is 1.62. The van der Waals surface area contributed by atoms with E-state index in [0.717, 1.165) is 29.0 Å². The molecule has 132 valence electrons. The molecule has 24 heavy (non-hydrogen) atoms. The second-order valence-electron chi connectivity index (χ2n) is 5.35. The molecule has 9 heteroatoms. The maximum absolute atomic E-state index is 5.31. The van der Waals surface area contributed by atoms with Gasteiger partial charge in [-0.05, 0) is 13.8 Å². The van der Waals surface area contributed by atoms with Crippen LogP contribution in [0.15, 0.2) is 16.7 Å². The zero-order valence-corrected chi connectivity index (χ0v) is 15.7. The summed E-state index contributed by atoms with van der Waals surface area (Å²) in [5.74, 6) is 1.67. The van der Waals surface area contributed by atoms with E-state index in [2.05, 4.69) is 37.8 Å². The van der Waals surface area contributed by atoms with Crippen LogP contribution < -0.4 is 5.32 Å². The molecule has 0 saturated heterocycles. The van der Waals surface area contributed by atoms with Gasteiger partial charge in [-0.25, -0.2) is 4.98 Å². The zero-order chi connectivity index (χ0) is 17.5. The Morgan fingerprint density at radius 1 is 1.54 bits per heavy atom. The van der Waals surface area contributed by atoms with Gasteiger partial charge in [0.15, 0.2) is 11.8 Å². The molecule has 2 heterocycles.